The van der Waals surface area contributed by atoms with Gasteiger partial charge in [0.25, 0.3) is 0 Å². The molecule has 4 rings (SSSR count). The minimum atomic E-state index is -0.109. The topological polar surface area (TPSA) is 71.0 Å². The fraction of sp³-hybridized carbons (Fsp3) is 0.360. The molecule has 2 aromatic heterocycles. The highest BCUT2D eigenvalue weighted by Crippen LogP contribution is 2.34. The Morgan fingerprint density at radius 3 is 2.65 bits per heavy atom. The van der Waals surface area contributed by atoms with Crippen LogP contribution in [0.4, 0.5) is 11.5 Å². The molecule has 6 nitrogen and oxygen atoms in total. The van der Waals surface area contributed by atoms with Crippen molar-refractivity contribution in [3.63, 3.8) is 0 Å². The lowest BCUT2D eigenvalue weighted by Gasteiger charge is -2.27. The number of nitrogens with zero attached hydrogens (tertiary/aromatic N) is 4. The van der Waals surface area contributed by atoms with Gasteiger partial charge in [-0.25, -0.2) is 9.97 Å². The molecule has 1 amide bonds. The van der Waals surface area contributed by atoms with E-state index in [1.54, 1.807) is 12.4 Å². The van der Waals surface area contributed by atoms with E-state index in [2.05, 4.69) is 31.1 Å². The van der Waals surface area contributed by atoms with Crippen LogP contribution in [0.15, 0.2) is 60.9 Å². The van der Waals surface area contributed by atoms with Gasteiger partial charge >= 0.3 is 0 Å². The van der Waals surface area contributed by atoms with E-state index in [1.807, 2.05) is 53.4 Å². The van der Waals surface area contributed by atoms with Crippen LogP contribution in [0.2, 0.25) is 0 Å². The number of rotatable bonds is 5. The van der Waals surface area contributed by atoms with Gasteiger partial charge in [0.2, 0.25) is 5.91 Å². The van der Waals surface area contributed by atoms with Gasteiger partial charge < -0.3 is 10.2 Å². The summed E-state index contributed by atoms with van der Waals surface area (Å²) in [6, 6.07) is 15.7. The zero-order valence-electron chi connectivity index (χ0n) is 18.4. The van der Waals surface area contributed by atoms with Crippen molar-refractivity contribution < 1.29 is 4.79 Å². The van der Waals surface area contributed by atoms with Crippen molar-refractivity contribution in [2.45, 2.75) is 46.1 Å². The number of benzene rings is 1. The van der Waals surface area contributed by atoms with Crippen LogP contribution in [0.5, 0.6) is 0 Å². The second kappa shape index (κ2) is 8.84. The van der Waals surface area contributed by atoms with Gasteiger partial charge in [-0.05, 0) is 42.5 Å². The van der Waals surface area contributed by atoms with Crippen LogP contribution >= 0.6 is 0 Å². The van der Waals surface area contributed by atoms with Crippen LogP contribution in [-0.2, 0) is 4.79 Å². The molecule has 0 radical (unpaired) electrons. The molecule has 1 aliphatic rings. The fourth-order valence-corrected chi connectivity index (χ4v) is 3.90. The first-order valence-corrected chi connectivity index (χ1v) is 10.8. The lowest BCUT2D eigenvalue weighted by molar-refractivity contribution is -0.134. The quantitative estimate of drug-likeness (QED) is 0.606. The fourth-order valence-electron chi connectivity index (χ4n) is 3.90. The summed E-state index contributed by atoms with van der Waals surface area (Å²) in [5, 5.41) is 3.39. The summed E-state index contributed by atoms with van der Waals surface area (Å²) < 4.78 is 0. The number of pyridine rings is 1. The van der Waals surface area contributed by atoms with Crippen LogP contribution in [0.1, 0.15) is 51.9 Å². The molecule has 1 aromatic carbocycles. The predicted octanol–water partition coefficient (Wildman–Crippen LogP) is 5.38. The van der Waals surface area contributed by atoms with Gasteiger partial charge in [0.15, 0.2) is 5.82 Å². The van der Waals surface area contributed by atoms with E-state index >= 15 is 0 Å². The van der Waals surface area contributed by atoms with E-state index in [4.69, 9.17) is 9.97 Å². The molecule has 0 bridgehead atoms. The minimum absolute atomic E-state index is 0.0529. The minimum Gasteiger partial charge on any atom is -0.340 e. The zero-order valence-corrected chi connectivity index (χ0v) is 18.4. The number of nitrogens with one attached hydrogen (secondary N) is 1. The van der Waals surface area contributed by atoms with Crippen molar-refractivity contribution >= 4 is 17.4 Å². The number of para-hydroxylation sites is 1. The molecule has 3 heterocycles. The lowest BCUT2D eigenvalue weighted by atomic mass is 9.91. The first-order chi connectivity index (χ1) is 14.9. The maximum atomic E-state index is 13.0. The smallest absolute Gasteiger partial charge is 0.223 e. The number of carbonyl (C=O) groups excluding carboxylic acids is 1. The number of carbonyl (C=O) groups is 1. The normalized spacial score (nSPS) is 16.4. The van der Waals surface area contributed by atoms with Crippen molar-refractivity contribution in [3.05, 3.63) is 66.7 Å². The summed E-state index contributed by atoms with van der Waals surface area (Å²) in [5.41, 5.74) is 2.62. The molecule has 0 aliphatic carbocycles. The molecule has 0 spiro atoms. The Bertz CT molecular complexity index is 1030. The summed E-state index contributed by atoms with van der Waals surface area (Å²) >= 11 is 0. The third-order valence-electron chi connectivity index (χ3n) is 5.30. The van der Waals surface area contributed by atoms with Crippen molar-refractivity contribution in [2.24, 2.45) is 5.41 Å². The molecule has 1 saturated heterocycles. The molecule has 6 heteroatoms. The average Bonchev–Trinajstić information content (AvgIpc) is 3.24. The highest BCUT2D eigenvalue weighted by Gasteiger charge is 2.34. The van der Waals surface area contributed by atoms with Crippen LogP contribution in [0.25, 0.3) is 11.3 Å². The third-order valence-corrected chi connectivity index (χ3v) is 5.30. The number of hydrogen-bond acceptors (Lipinski definition) is 5. The van der Waals surface area contributed by atoms with Crippen LogP contribution in [-0.4, -0.2) is 32.3 Å². The van der Waals surface area contributed by atoms with Crippen LogP contribution in [0, 0.1) is 5.41 Å². The maximum absolute atomic E-state index is 13.0. The molecule has 31 heavy (non-hydrogen) atoms. The van der Waals surface area contributed by atoms with Crippen molar-refractivity contribution in [1.29, 1.82) is 0 Å². The monoisotopic (exact) mass is 415 g/mol. The highest BCUT2D eigenvalue weighted by molar-refractivity contribution is 5.77. The van der Waals surface area contributed by atoms with Crippen molar-refractivity contribution in [3.8, 4) is 11.3 Å². The molecule has 0 saturated carbocycles. The van der Waals surface area contributed by atoms with E-state index in [1.165, 1.54) is 0 Å². The van der Waals surface area contributed by atoms with Gasteiger partial charge in [0, 0.05) is 42.7 Å². The molecule has 1 aliphatic heterocycles. The first kappa shape index (κ1) is 21.0. The van der Waals surface area contributed by atoms with Crippen LogP contribution < -0.4 is 5.32 Å². The first-order valence-electron chi connectivity index (χ1n) is 10.8. The number of hydrogen-bond donors (Lipinski definition) is 1. The van der Waals surface area contributed by atoms with E-state index in [0.29, 0.717) is 18.1 Å². The Morgan fingerprint density at radius 1 is 1.13 bits per heavy atom. The second-order valence-corrected chi connectivity index (χ2v) is 9.21. The summed E-state index contributed by atoms with van der Waals surface area (Å²) in [4.78, 5) is 28.9. The Kier molecular flexibility index (Phi) is 5.98. The SMILES string of the molecule is CC(C)(C)CC(=O)N1CCCC1c1nc(Nc2ccccc2)cc(-c2cccnc2)n1. The highest BCUT2D eigenvalue weighted by atomic mass is 16.2. The Hall–Kier alpha value is -3.28. The largest absolute Gasteiger partial charge is 0.340 e. The lowest BCUT2D eigenvalue weighted by Crippen LogP contribution is -2.34. The molecule has 1 atom stereocenters. The van der Waals surface area contributed by atoms with E-state index in [9.17, 15) is 4.79 Å². The summed E-state index contributed by atoms with van der Waals surface area (Å²) in [7, 11) is 0. The molecule has 160 valence electrons. The molecule has 3 aromatic rings. The van der Waals surface area contributed by atoms with Gasteiger partial charge in [0.1, 0.15) is 5.82 Å². The summed E-state index contributed by atoms with van der Waals surface area (Å²) in [6.45, 7) is 7.04. The van der Waals surface area contributed by atoms with Gasteiger partial charge in [0.05, 0.1) is 11.7 Å². The van der Waals surface area contributed by atoms with Gasteiger partial charge in [-0.3, -0.25) is 9.78 Å². The summed E-state index contributed by atoms with van der Waals surface area (Å²) in [6.07, 6.45) is 5.90. The Morgan fingerprint density at radius 2 is 1.94 bits per heavy atom. The Labute approximate surface area is 183 Å². The predicted molar refractivity (Wildman–Crippen MR) is 123 cm³/mol. The number of aromatic nitrogens is 3. The number of amides is 1. The molecule has 1 N–H and O–H groups in total. The Balaban J connectivity index is 1.70. The zero-order chi connectivity index (χ0) is 21.8. The standard InChI is InChI=1S/C25H29N5O/c1-25(2,3)16-23(31)30-14-8-12-21(30)24-28-20(18-9-7-13-26-17-18)15-22(29-24)27-19-10-5-4-6-11-19/h4-7,9-11,13,15,17,21H,8,12,14,16H2,1-3H3,(H,27,28,29). The molecular weight excluding hydrogens is 386 g/mol. The van der Waals surface area contributed by atoms with E-state index in [0.717, 1.165) is 36.3 Å². The number of likely N-dealkylation sites (tertiary alicyclic amines) is 1. The van der Waals surface area contributed by atoms with Gasteiger partial charge in [-0.15, -0.1) is 0 Å². The van der Waals surface area contributed by atoms with Crippen molar-refractivity contribution in [1.82, 2.24) is 19.9 Å². The summed E-state index contributed by atoms with van der Waals surface area (Å²) in [5.74, 6) is 1.56. The van der Waals surface area contributed by atoms with E-state index in [-0.39, 0.29) is 17.4 Å². The molecular formula is C25H29N5O. The van der Waals surface area contributed by atoms with Gasteiger partial charge in [-0.1, -0.05) is 39.0 Å². The maximum Gasteiger partial charge on any atom is 0.223 e. The third kappa shape index (κ3) is 5.26. The van der Waals surface area contributed by atoms with Crippen LogP contribution in [0.3, 0.4) is 0 Å². The van der Waals surface area contributed by atoms with Gasteiger partial charge in [-0.2, -0.15) is 0 Å². The van der Waals surface area contributed by atoms with Crippen molar-refractivity contribution in [2.75, 3.05) is 11.9 Å². The number of anilines is 2. The molecule has 1 fully saturated rings. The second-order valence-electron chi connectivity index (χ2n) is 9.21. The molecule has 1 unspecified atom stereocenters. The average molecular weight is 416 g/mol. The van der Waals surface area contributed by atoms with E-state index < -0.39 is 0 Å².